The fourth-order valence-electron chi connectivity index (χ4n) is 2.20. The number of fused-ring (bicyclic) bond motifs is 1. The van der Waals surface area contributed by atoms with Gasteiger partial charge in [-0.1, -0.05) is 11.6 Å². The number of nitrogens with zero attached hydrogens (tertiary/aromatic N) is 2. The van der Waals surface area contributed by atoms with E-state index in [0.29, 0.717) is 16.5 Å². The number of rotatable bonds is 2. The van der Waals surface area contributed by atoms with E-state index in [-0.39, 0.29) is 6.79 Å². The number of hydrazone groups is 1. The number of piperidine rings is 1. The fraction of sp³-hybridized carbons (Fsp3) is 0.462. The first kappa shape index (κ1) is 11.7. The topological polar surface area (TPSA) is 34.1 Å². The van der Waals surface area contributed by atoms with Crippen molar-refractivity contribution in [1.82, 2.24) is 5.01 Å². The predicted molar refractivity (Wildman–Crippen MR) is 70.6 cm³/mol. The summed E-state index contributed by atoms with van der Waals surface area (Å²) < 4.78 is 10.6. The molecule has 0 bridgehead atoms. The molecular weight excluding hydrogens is 252 g/mol. The zero-order valence-corrected chi connectivity index (χ0v) is 10.8. The van der Waals surface area contributed by atoms with Gasteiger partial charge in [-0.25, -0.2) is 0 Å². The van der Waals surface area contributed by atoms with Gasteiger partial charge < -0.3 is 9.47 Å². The summed E-state index contributed by atoms with van der Waals surface area (Å²) in [5.41, 5.74) is 0.940. The first-order valence-corrected chi connectivity index (χ1v) is 6.59. The largest absolute Gasteiger partial charge is 0.454 e. The normalized spacial score (nSPS) is 18.6. The molecule has 2 aliphatic heterocycles. The fourth-order valence-corrected chi connectivity index (χ4v) is 2.48. The molecule has 0 atom stereocenters. The van der Waals surface area contributed by atoms with Crippen molar-refractivity contribution in [3.8, 4) is 11.5 Å². The zero-order valence-electron chi connectivity index (χ0n) is 10.1. The first-order chi connectivity index (χ1) is 8.83. The second-order valence-corrected chi connectivity index (χ2v) is 4.90. The Morgan fingerprint density at radius 1 is 1.17 bits per heavy atom. The monoisotopic (exact) mass is 266 g/mol. The summed E-state index contributed by atoms with van der Waals surface area (Å²) in [5.74, 6) is 1.33. The number of halogens is 1. The van der Waals surface area contributed by atoms with Crippen LogP contribution in [0.25, 0.3) is 0 Å². The van der Waals surface area contributed by atoms with Crippen LogP contribution in [-0.2, 0) is 0 Å². The molecule has 0 radical (unpaired) electrons. The average Bonchev–Trinajstić information content (AvgIpc) is 2.86. The molecule has 18 heavy (non-hydrogen) atoms. The van der Waals surface area contributed by atoms with Gasteiger partial charge in [0.25, 0.3) is 0 Å². The molecule has 0 N–H and O–H groups in total. The number of hydrogen-bond donors (Lipinski definition) is 0. The molecule has 4 nitrogen and oxygen atoms in total. The van der Waals surface area contributed by atoms with Gasteiger partial charge >= 0.3 is 0 Å². The molecule has 1 aromatic rings. The summed E-state index contributed by atoms with van der Waals surface area (Å²) in [6, 6.07) is 3.75. The molecule has 5 heteroatoms. The van der Waals surface area contributed by atoms with E-state index in [1.54, 1.807) is 0 Å². The van der Waals surface area contributed by atoms with E-state index < -0.39 is 0 Å². The van der Waals surface area contributed by atoms with Crippen molar-refractivity contribution in [1.29, 1.82) is 0 Å². The maximum atomic E-state index is 6.12. The lowest BCUT2D eigenvalue weighted by Gasteiger charge is -2.23. The van der Waals surface area contributed by atoms with Crippen LogP contribution in [-0.4, -0.2) is 31.1 Å². The third kappa shape index (κ3) is 2.38. The van der Waals surface area contributed by atoms with Gasteiger partial charge in [0.05, 0.1) is 11.2 Å². The molecule has 0 aromatic heterocycles. The molecule has 1 saturated heterocycles. The Morgan fingerprint density at radius 3 is 2.83 bits per heavy atom. The molecule has 1 fully saturated rings. The van der Waals surface area contributed by atoms with Crippen LogP contribution in [0.4, 0.5) is 0 Å². The Hall–Kier alpha value is -1.42. The minimum atomic E-state index is 0.238. The smallest absolute Gasteiger partial charge is 0.231 e. The molecular formula is C13H15ClN2O2. The van der Waals surface area contributed by atoms with Crippen LogP contribution in [0.15, 0.2) is 17.2 Å². The quantitative estimate of drug-likeness (QED) is 0.772. The highest BCUT2D eigenvalue weighted by Crippen LogP contribution is 2.39. The van der Waals surface area contributed by atoms with Gasteiger partial charge in [-0.2, -0.15) is 5.10 Å². The van der Waals surface area contributed by atoms with E-state index in [4.69, 9.17) is 21.1 Å². The zero-order chi connectivity index (χ0) is 12.4. The van der Waals surface area contributed by atoms with Crippen molar-refractivity contribution in [2.24, 2.45) is 5.10 Å². The second-order valence-electron chi connectivity index (χ2n) is 4.50. The van der Waals surface area contributed by atoms with E-state index in [2.05, 4.69) is 10.1 Å². The summed E-state index contributed by atoms with van der Waals surface area (Å²) in [6.07, 6.45) is 5.58. The summed E-state index contributed by atoms with van der Waals surface area (Å²) in [5, 5.41) is 7.15. The Labute approximate surface area is 111 Å². The highest BCUT2D eigenvalue weighted by atomic mass is 35.5. The lowest BCUT2D eigenvalue weighted by Crippen LogP contribution is -2.24. The van der Waals surface area contributed by atoms with Gasteiger partial charge in [0.15, 0.2) is 11.5 Å². The standard InChI is InChI=1S/C13H15ClN2O2/c14-11-6-10(7-12-13(11)18-9-17-12)8-15-16-4-2-1-3-5-16/h6-8H,1-5,9H2/b15-8-. The lowest BCUT2D eigenvalue weighted by atomic mass is 10.2. The molecule has 2 heterocycles. The third-order valence-electron chi connectivity index (χ3n) is 3.15. The Balaban J connectivity index is 1.76. The highest BCUT2D eigenvalue weighted by Gasteiger charge is 2.17. The molecule has 2 aliphatic rings. The van der Waals surface area contributed by atoms with E-state index in [0.717, 1.165) is 18.7 Å². The van der Waals surface area contributed by atoms with Gasteiger partial charge in [-0.05, 0) is 37.0 Å². The first-order valence-electron chi connectivity index (χ1n) is 6.21. The van der Waals surface area contributed by atoms with Crippen molar-refractivity contribution in [3.05, 3.63) is 22.7 Å². The Kier molecular flexibility index (Phi) is 3.28. The second kappa shape index (κ2) is 5.06. The lowest BCUT2D eigenvalue weighted by molar-refractivity contribution is 0.174. The molecule has 0 spiro atoms. The SMILES string of the molecule is Clc1cc(/C=N\N2CCCCC2)cc2c1OCO2. The minimum absolute atomic E-state index is 0.238. The molecule has 0 amide bonds. The van der Waals surface area contributed by atoms with Crippen LogP contribution in [0.2, 0.25) is 5.02 Å². The number of hydrogen-bond acceptors (Lipinski definition) is 4. The molecule has 96 valence electrons. The summed E-state index contributed by atoms with van der Waals surface area (Å²) in [4.78, 5) is 0. The summed E-state index contributed by atoms with van der Waals surface area (Å²) in [7, 11) is 0. The maximum Gasteiger partial charge on any atom is 0.231 e. The minimum Gasteiger partial charge on any atom is -0.454 e. The Morgan fingerprint density at radius 2 is 2.00 bits per heavy atom. The van der Waals surface area contributed by atoms with Crippen molar-refractivity contribution in [2.75, 3.05) is 19.9 Å². The van der Waals surface area contributed by atoms with Crippen molar-refractivity contribution >= 4 is 17.8 Å². The van der Waals surface area contributed by atoms with Crippen LogP contribution in [0, 0.1) is 0 Å². The van der Waals surface area contributed by atoms with Gasteiger partial charge in [-0.3, -0.25) is 5.01 Å². The van der Waals surface area contributed by atoms with Crippen LogP contribution >= 0.6 is 11.6 Å². The van der Waals surface area contributed by atoms with Gasteiger partial charge in [0, 0.05) is 13.1 Å². The number of benzene rings is 1. The summed E-state index contributed by atoms with van der Waals surface area (Å²) >= 11 is 6.12. The molecule has 3 rings (SSSR count). The van der Waals surface area contributed by atoms with Gasteiger partial charge in [0.1, 0.15) is 0 Å². The maximum absolute atomic E-state index is 6.12. The van der Waals surface area contributed by atoms with Crippen LogP contribution in [0.5, 0.6) is 11.5 Å². The molecule has 0 aliphatic carbocycles. The van der Waals surface area contributed by atoms with E-state index in [1.807, 2.05) is 18.3 Å². The average molecular weight is 267 g/mol. The van der Waals surface area contributed by atoms with Crippen LogP contribution in [0.3, 0.4) is 0 Å². The van der Waals surface area contributed by atoms with Crippen LogP contribution in [0.1, 0.15) is 24.8 Å². The number of ether oxygens (including phenoxy) is 2. The van der Waals surface area contributed by atoms with Crippen molar-refractivity contribution in [2.45, 2.75) is 19.3 Å². The predicted octanol–water partition coefficient (Wildman–Crippen LogP) is 2.89. The highest BCUT2D eigenvalue weighted by molar-refractivity contribution is 6.32. The van der Waals surface area contributed by atoms with Gasteiger partial charge in [0.2, 0.25) is 6.79 Å². The van der Waals surface area contributed by atoms with E-state index >= 15 is 0 Å². The summed E-state index contributed by atoms with van der Waals surface area (Å²) in [6.45, 7) is 2.31. The Bertz CT molecular complexity index is 470. The van der Waals surface area contributed by atoms with E-state index in [1.165, 1.54) is 19.3 Å². The van der Waals surface area contributed by atoms with Crippen LogP contribution < -0.4 is 9.47 Å². The van der Waals surface area contributed by atoms with Crippen molar-refractivity contribution < 1.29 is 9.47 Å². The molecule has 1 aromatic carbocycles. The third-order valence-corrected chi connectivity index (χ3v) is 3.43. The van der Waals surface area contributed by atoms with Crippen molar-refractivity contribution in [3.63, 3.8) is 0 Å². The molecule has 0 unspecified atom stereocenters. The van der Waals surface area contributed by atoms with Gasteiger partial charge in [-0.15, -0.1) is 0 Å². The molecule has 0 saturated carbocycles. The van der Waals surface area contributed by atoms with E-state index in [9.17, 15) is 0 Å².